The highest BCUT2D eigenvalue weighted by atomic mass is 16.5. The number of rotatable bonds is 8. The summed E-state index contributed by atoms with van der Waals surface area (Å²) in [6.07, 6.45) is 0.562. The second-order valence-electron chi connectivity index (χ2n) is 12.3. The summed E-state index contributed by atoms with van der Waals surface area (Å²) in [5.41, 5.74) is 5.36. The standard InChI is InChI=1S/C39H36N2O4/c1-39(2,3)33-19-21-34(22-20-33)44-25-27-13-15-30(16-14-27)38(43)45-26-37(42)41-36(29-10-5-4-6-11-29)24-35(40-41)32-18-17-28-9-7-8-12-31(28)23-32/h4-23,36H,24-26H2,1-3H3/t36-/m1/s1. The fourth-order valence-corrected chi connectivity index (χ4v) is 5.45. The zero-order valence-electron chi connectivity index (χ0n) is 25.8. The van der Waals surface area contributed by atoms with Crippen molar-refractivity contribution in [2.45, 2.75) is 45.3 Å². The SMILES string of the molecule is CC(C)(C)c1ccc(OCc2ccc(C(=O)OCC(=O)N3N=C(c4ccc5ccccc5c4)C[C@@H]3c3ccccc3)cc2)cc1. The van der Waals surface area contributed by atoms with Crippen molar-refractivity contribution in [3.05, 3.63) is 149 Å². The van der Waals surface area contributed by atoms with Gasteiger partial charge in [0.05, 0.1) is 17.3 Å². The first-order chi connectivity index (χ1) is 21.7. The molecule has 1 aliphatic heterocycles. The van der Waals surface area contributed by atoms with Gasteiger partial charge >= 0.3 is 5.97 Å². The Morgan fingerprint density at radius 1 is 0.800 bits per heavy atom. The zero-order valence-corrected chi connectivity index (χ0v) is 25.8. The van der Waals surface area contributed by atoms with Crippen molar-refractivity contribution in [2.75, 3.05) is 6.61 Å². The number of hydrogen-bond acceptors (Lipinski definition) is 5. The van der Waals surface area contributed by atoms with Crippen LogP contribution in [0, 0.1) is 0 Å². The van der Waals surface area contributed by atoms with E-state index in [-0.39, 0.29) is 17.4 Å². The van der Waals surface area contributed by atoms with Gasteiger partial charge in [0.1, 0.15) is 12.4 Å². The second-order valence-corrected chi connectivity index (χ2v) is 12.3. The third-order valence-corrected chi connectivity index (χ3v) is 8.08. The van der Waals surface area contributed by atoms with Crippen LogP contribution in [-0.4, -0.2) is 29.2 Å². The third kappa shape index (κ3) is 6.96. The van der Waals surface area contributed by atoms with E-state index < -0.39 is 12.6 Å². The summed E-state index contributed by atoms with van der Waals surface area (Å²) in [5.74, 6) is -0.162. The van der Waals surface area contributed by atoms with Crippen LogP contribution in [0.5, 0.6) is 5.75 Å². The Bertz CT molecular complexity index is 1840. The highest BCUT2D eigenvalue weighted by Crippen LogP contribution is 2.33. The maximum absolute atomic E-state index is 13.4. The van der Waals surface area contributed by atoms with Gasteiger partial charge in [0.2, 0.25) is 0 Å². The van der Waals surface area contributed by atoms with Gasteiger partial charge in [-0.2, -0.15) is 5.10 Å². The van der Waals surface area contributed by atoms with Gasteiger partial charge in [0.15, 0.2) is 6.61 Å². The number of hydrogen-bond donors (Lipinski definition) is 0. The molecule has 0 unspecified atom stereocenters. The minimum absolute atomic E-state index is 0.0830. The minimum atomic E-state index is -0.567. The van der Waals surface area contributed by atoms with Gasteiger partial charge in [-0.25, -0.2) is 9.80 Å². The summed E-state index contributed by atoms with van der Waals surface area (Å²) in [6, 6.07) is 39.0. The molecule has 0 aromatic heterocycles. The number of ether oxygens (including phenoxy) is 2. The van der Waals surface area contributed by atoms with Crippen molar-refractivity contribution >= 4 is 28.4 Å². The number of benzene rings is 5. The lowest BCUT2D eigenvalue weighted by atomic mass is 9.87. The first-order valence-corrected chi connectivity index (χ1v) is 15.2. The van der Waals surface area contributed by atoms with E-state index in [0.29, 0.717) is 18.6 Å². The lowest BCUT2D eigenvalue weighted by molar-refractivity contribution is -0.136. The smallest absolute Gasteiger partial charge is 0.338 e. The van der Waals surface area contributed by atoms with Crippen molar-refractivity contribution in [1.29, 1.82) is 0 Å². The number of carbonyl (C=O) groups excluding carboxylic acids is 2. The van der Waals surface area contributed by atoms with Crippen LogP contribution in [0.1, 0.15) is 65.8 Å². The molecule has 45 heavy (non-hydrogen) atoms. The molecule has 0 aliphatic carbocycles. The van der Waals surface area contributed by atoms with Crippen molar-refractivity contribution in [3.8, 4) is 5.75 Å². The molecule has 1 heterocycles. The summed E-state index contributed by atoms with van der Waals surface area (Å²) in [4.78, 5) is 26.3. The minimum Gasteiger partial charge on any atom is -0.489 e. The first kappa shape index (κ1) is 29.8. The predicted molar refractivity (Wildman–Crippen MR) is 177 cm³/mol. The number of nitrogens with zero attached hydrogens (tertiary/aromatic N) is 2. The molecule has 0 saturated carbocycles. The molecule has 6 heteroatoms. The number of carbonyl (C=O) groups is 2. The van der Waals surface area contributed by atoms with E-state index in [9.17, 15) is 9.59 Å². The lowest BCUT2D eigenvalue weighted by Crippen LogP contribution is -2.31. The van der Waals surface area contributed by atoms with Crippen LogP contribution in [-0.2, 0) is 21.6 Å². The molecule has 6 nitrogen and oxygen atoms in total. The fourth-order valence-electron chi connectivity index (χ4n) is 5.45. The van der Waals surface area contributed by atoms with E-state index in [0.717, 1.165) is 38.9 Å². The number of hydrazone groups is 1. The van der Waals surface area contributed by atoms with Crippen molar-refractivity contribution in [2.24, 2.45) is 5.10 Å². The summed E-state index contributed by atoms with van der Waals surface area (Å²) >= 11 is 0. The van der Waals surface area contributed by atoms with Crippen molar-refractivity contribution < 1.29 is 19.1 Å². The Balaban J connectivity index is 1.09. The third-order valence-electron chi connectivity index (χ3n) is 8.08. The molecule has 5 aromatic carbocycles. The maximum Gasteiger partial charge on any atom is 0.338 e. The Morgan fingerprint density at radius 2 is 1.49 bits per heavy atom. The number of amides is 1. The Kier molecular flexibility index (Phi) is 8.47. The Labute approximate surface area is 263 Å². The Hall–Kier alpha value is -5.23. The summed E-state index contributed by atoms with van der Waals surface area (Å²) in [7, 11) is 0. The summed E-state index contributed by atoms with van der Waals surface area (Å²) in [5, 5.41) is 8.46. The number of fused-ring (bicyclic) bond motifs is 1. The molecular weight excluding hydrogens is 560 g/mol. The molecule has 0 radical (unpaired) electrons. The monoisotopic (exact) mass is 596 g/mol. The van der Waals surface area contributed by atoms with Gasteiger partial charge in [0, 0.05) is 6.42 Å². The predicted octanol–water partition coefficient (Wildman–Crippen LogP) is 8.25. The van der Waals surface area contributed by atoms with Gasteiger partial charge in [-0.1, -0.05) is 112 Å². The number of esters is 1. The molecule has 6 rings (SSSR count). The quantitative estimate of drug-likeness (QED) is 0.169. The van der Waals surface area contributed by atoms with Crippen LogP contribution >= 0.6 is 0 Å². The molecule has 1 aliphatic rings. The Morgan fingerprint density at radius 3 is 2.20 bits per heavy atom. The van der Waals surface area contributed by atoms with Crippen molar-refractivity contribution in [1.82, 2.24) is 5.01 Å². The lowest BCUT2D eigenvalue weighted by Gasteiger charge is -2.21. The van der Waals surface area contributed by atoms with Gasteiger partial charge in [0.25, 0.3) is 5.91 Å². The zero-order chi connectivity index (χ0) is 31.4. The molecule has 0 bridgehead atoms. The van der Waals surface area contributed by atoms with Gasteiger partial charge in [-0.3, -0.25) is 4.79 Å². The van der Waals surface area contributed by atoms with E-state index in [1.165, 1.54) is 10.6 Å². The molecule has 1 atom stereocenters. The highest BCUT2D eigenvalue weighted by molar-refractivity contribution is 6.05. The summed E-state index contributed by atoms with van der Waals surface area (Å²) < 4.78 is 11.4. The van der Waals surface area contributed by atoms with Gasteiger partial charge in [-0.05, 0) is 68.8 Å². The van der Waals surface area contributed by atoms with E-state index >= 15 is 0 Å². The van der Waals surface area contributed by atoms with E-state index in [1.54, 1.807) is 12.1 Å². The highest BCUT2D eigenvalue weighted by Gasteiger charge is 2.33. The normalized spacial score (nSPS) is 14.7. The van der Waals surface area contributed by atoms with Crippen LogP contribution in [0.15, 0.2) is 126 Å². The van der Waals surface area contributed by atoms with Crippen molar-refractivity contribution in [3.63, 3.8) is 0 Å². The topological polar surface area (TPSA) is 68.2 Å². The van der Waals surface area contributed by atoms with Crippen LogP contribution in [0.25, 0.3) is 10.8 Å². The molecule has 226 valence electrons. The van der Waals surface area contributed by atoms with E-state index in [2.05, 4.69) is 57.2 Å². The average molecular weight is 597 g/mol. The largest absolute Gasteiger partial charge is 0.489 e. The molecule has 5 aromatic rings. The summed E-state index contributed by atoms with van der Waals surface area (Å²) in [6.45, 7) is 6.49. The fraction of sp³-hybridized carbons (Fsp3) is 0.205. The van der Waals surface area contributed by atoms with Crippen LogP contribution < -0.4 is 4.74 Å². The first-order valence-electron chi connectivity index (χ1n) is 15.2. The molecule has 0 spiro atoms. The molecule has 0 N–H and O–H groups in total. The molecule has 1 amide bonds. The van der Waals surface area contributed by atoms with E-state index in [4.69, 9.17) is 14.6 Å². The second kappa shape index (κ2) is 12.8. The van der Waals surface area contributed by atoms with Gasteiger partial charge in [-0.15, -0.1) is 0 Å². The molecular formula is C39H36N2O4. The maximum atomic E-state index is 13.4. The van der Waals surface area contributed by atoms with Crippen LogP contribution in [0.2, 0.25) is 0 Å². The van der Waals surface area contributed by atoms with Gasteiger partial charge < -0.3 is 9.47 Å². The molecule has 0 saturated heterocycles. The molecule has 0 fully saturated rings. The average Bonchev–Trinajstić information content (AvgIpc) is 3.52. The van der Waals surface area contributed by atoms with E-state index in [1.807, 2.05) is 72.8 Å². The van der Waals surface area contributed by atoms with Crippen LogP contribution in [0.4, 0.5) is 0 Å². The van der Waals surface area contributed by atoms with Crippen LogP contribution in [0.3, 0.4) is 0 Å².